The zero-order valence-corrected chi connectivity index (χ0v) is 17.0. The molecule has 0 bridgehead atoms. The van der Waals surface area contributed by atoms with Gasteiger partial charge in [-0.25, -0.2) is 0 Å². The van der Waals surface area contributed by atoms with Crippen molar-refractivity contribution < 1.29 is 14.8 Å². The van der Waals surface area contributed by atoms with E-state index in [4.69, 9.17) is 0 Å². The minimum atomic E-state index is -0.784. The number of carbonyl (C=O) groups is 1. The highest BCUT2D eigenvalue weighted by Gasteiger charge is 2.31. The molecule has 2 aromatic rings. The van der Waals surface area contributed by atoms with Crippen LogP contribution in [0.4, 0.5) is 11.4 Å². The summed E-state index contributed by atoms with van der Waals surface area (Å²) in [6.07, 6.45) is 0. The van der Waals surface area contributed by atoms with Gasteiger partial charge in [0.25, 0.3) is 5.69 Å². The van der Waals surface area contributed by atoms with Gasteiger partial charge >= 0.3 is 0 Å². The molecule has 29 heavy (non-hydrogen) atoms. The van der Waals surface area contributed by atoms with Crippen LogP contribution < -0.4 is 4.90 Å². The van der Waals surface area contributed by atoms with Crippen LogP contribution in [0.25, 0.3) is 0 Å². The number of nitro groups is 1. The summed E-state index contributed by atoms with van der Waals surface area (Å²) in [6.45, 7) is 8.14. The molecule has 0 spiro atoms. The fraction of sp³-hybridized carbons (Fsp3) is 0.409. The molecule has 0 saturated carbocycles. The van der Waals surface area contributed by atoms with Crippen LogP contribution in [0.3, 0.4) is 0 Å². The van der Waals surface area contributed by atoms with Gasteiger partial charge in [-0.15, -0.1) is 0 Å². The van der Waals surface area contributed by atoms with Gasteiger partial charge in [-0.3, -0.25) is 19.8 Å². The number of anilines is 1. The smallest absolute Gasteiger partial charge is 0.293 e. The van der Waals surface area contributed by atoms with Gasteiger partial charge in [-0.1, -0.05) is 30.3 Å². The van der Waals surface area contributed by atoms with E-state index in [0.717, 1.165) is 0 Å². The van der Waals surface area contributed by atoms with Crippen LogP contribution in [-0.4, -0.2) is 58.5 Å². The number of piperazine rings is 1. The lowest BCUT2D eigenvalue weighted by Gasteiger charge is -2.42. The standard InChI is InChI=1S/C22H27N3O4/c1-16-14-23(15-22(2,3)27)11-12-24(16)19-10-9-18(13-20(19)25(28)29)21(26)17-7-5-4-6-8-17/h4-10,13,16,27H,11-12,14-15H2,1-3H3. The zero-order chi connectivity index (χ0) is 21.2. The maximum atomic E-state index is 12.7. The first-order valence-corrected chi connectivity index (χ1v) is 9.75. The number of aliphatic hydroxyl groups is 1. The van der Waals surface area contributed by atoms with Crippen molar-refractivity contribution in [2.24, 2.45) is 0 Å². The molecule has 1 unspecified atom stereocenters. The Labute approximate surface area is 170 Å². The molecule has 1 heterocycles. The molecule has 2 aromatic carbocycles. The number of carbonyl (C=O) groups excluding carboxylic acids is 1. The summed E-state index contributed by atoms with van der Waals surface area (Å²) in [4.78, 5) is 28.2. The van der Waals surface area contributed by atoms with Crippen LogP contribution in [0.1, 0.15) is 36.7 Å². The Morgan fingerprint density at radius 3 is 2.45 bits per heavy atom. The van der Waals surface area contributed by atoms with E-state index < -0.39 is 10.5 Å². The summed E-state index contributed by atoms with van der Waals surface area (Å²) in [5.41, 5.74) is 0.487. The molecular formula is C22H27N3O4. The average molecular weight is 397 g/mol. The third kappa shape index (κ3) is 4.99. The highest BCUT2D eigenvalue weighted by Crippen LogP contribution is 2.32. The average Bonchev–Trinajstić information content (AvgIpc) is 2.66. The van der Waals surface area contributed by atoms with E-state index in [-0.39, 0.29) is 17.5 Å². The summed E-state index contributed by atoms with van der Waals surface area (Å²) >= 11 is 0. The molecule has 0 aliphatic carbocycles. The van der Waals surface area contributed by atoms with Gasteiger partial charge in [-0.2, -0.15) is 0 Å². The fourth-order valence-corrected chi connectivity index (χ4v) is 3.89. The maximum Gasteiger partial charge on any atom is 0.293 e. The first-order chi connectivity index (χ1) is 13.7. The minimum Gasteiger partial charge on any atom is -0.389 e. The zero-order valence-electron chi connectivity index (χ0n) is 17.0. The van der Waals surface area contributed by atoms with Gasteiger partial charge in [0.1, 0.15) is 5.69 Å². The van der Waals surface area contributed by atoms with E-state index in [2.05, 4.69) is 4.90 Å². The molecule has 1 fully saturated rings. The second kappa shape index (κ2) is 8.31. The number of β-amino-alcohol motifs (C(OH)–C–C–N with tert-alkyl or cyclic N) is 1. The molecule has 1 saturated heterocycles. The van der Waals surface area contributed by atoms with Crippen molar-refractivity contribution in [1.82, 2.24) is 4.90 Å². The molecule has 7 heteroatoms. The van der Waals surface area contributed by atoms with Crippen LogP contribution >= 0.6 is 0 Å². The quantitative estimate of drug-likeness (QED) is 0.458. The third-order valence-corrected chi connectivity index (χ3v) is 5.10. The molecule has 1 atom stereocenters. The van der Waals surface area contributed by atoms with Gasteiger partial charge in [0.15, 0.2) is 5.78 Å². The van der Waals surface area contributed by atoms with Gasteiger partial charge < -0.3 is 10.0 Å². The summed E-state index contributed by atoms with van der Waals surface area (Å²) in [6, 6.07) is 13.5. The molecule has 3 rings (SSSR count). The molecule has 1 aliphatic rings. The molecule has 1 aliphatic heterocycles. The number of nitro benzene ring substituents is 1. The highest BCUT2D eigenvalue weighted by atomic mass is 16.6. The van der Waals surface area contributed by atoms with Crippen molar-refractivity contribution in [2.45, 2.75) is 32.4 Å². The SMILES string of the molecule is CC1CN(CC(C)(C)O)CCN1c1ccc(C(=O)c2ccccc2)cc1[N+](=O)[O-]. The van der Waals surface area contributed by atoms with E-state index >= 15 is 0 Å². The van der Waals surface area contributed by atoms with Gasteiger partial charge in [0, 0.05) is 49.4 Å². The number of ketones is 1. The monoisotopic (exact) mass is 397 g/mol. The Balaban J connectivity index is 1.85. The summed E-state index contributed by atoms with van der Waals surface area (Å²) in [5.74, 6) is -0.233. The van der Waals surface area contributed by atoms with E-state index in [9.17, 15) is 20.0 Å². The summed E-state index contributed by atoms with van der Waals surface area (Å²) in [5, 5.41) is 21.8. The van der Waals surface area contributed by atoms with E-state index in [0.29, 0.717) is 43.0 Å². The Hall–Kier alpha value is -2.77. The van der Waals surface area contributed by atoms with Crippen LogP contribution in [0.15, 0.2) is 48.5 Å². The van der Waals surface area contributed by atoms with Crippen molar-refractivity contribution >= 4 is 17.2 Å². The molecule has 1 N–H and O–H groups in total. The van der Waals surface area contributed by atoms with Gasteiger partial charge in [0.05, 0.1) is 10.5 Å². The second-order valence-electron chi connectivity index (χ2n) is 8.25. The molecule has 7 nitrogen and oxygen atoms in total. The molecule has 0 aromatic heterocycles. The highest BCUT2D eigenvalue weighted by molar-refractivity contribution is 6.09. The number of rotatable bonds is 6. The van der Waals surface area contributed by atoms with E-state index in [1.807, 2.05) is 17.9 Å². The topological polar surface area (TPSA) is 86.9 Å². The number of hydrogen-bond acceptors (Lipinski definition) is 6. The van der Waals surface area contributed by atoms with Crippen molar-refractivity contribution in [3.05, 3.63) is 69.8 Å². The maximum absolute atomic E-state index is 12.7. The third-order valence-electron chi connectivity index (χ3n) is 5.10. The van der Waals surface area contributed by atoms with Crippen LogP contribution in [0, 0.1) is 10.1 Å². The number of nitrogens with zero attached hydrogens (tertiary/aromatic N) is 3. The van der Waals surface area contributed by atoms with E-state index in [1.54, 1.807) is 50.2 Å². The Morgan fingerprint density at radius 1 is 1.17 bits per heavy atom. The fourth-order valence-electron chi connectivity index (χ4n) is 3.89. The van der Waals surface area contributed by atoms with Crippen LogP contribution in [0.2, 0.25) is 0 Å². The lowest BCUT2D eigenvalue weighted by atomic mass is 10.0. The molecule has 0 amide bonds. The molecule has 154 valence electrons. The van der Waals surface area contributed by atoms with Crippen molar-refractivity contribution in [1.29, 1.82) is 0 Å². The largest absolute Gasteiger partial charge is 0.389 e. The van der Waals surface area contributed by atoms with E-state index in [1.165, 1.54) is 6.07 Å². The summed E-state index contributed by atoms with van der Waals surface area (Å²) < 4.78 is 0. The Kier molecular flexibility index (Phi) is 6.00. The molecular weight excluding hydrogens is 370 g/mol. The normalized spacial score (nSPS) is 17.9. The number of hydrogen-bond donors (Lipinski definition) is 1. The second-order valence-corrected chi connectivity index (χ2v) is 8.25. The van der Waals surface area contributed by atoms with Crippen molar-refractivity contribution in [2.75, 3.05) is 31.1 Å². The summed E-state index contributed by atoms with van der Waals surface area (Å²) in [7, 11) is 0. The molecule has 0 radical (unpaired) electrons. The van der Waals surface area contributed by atoms with Crippen molar-refractivity contribution in [3.8, 4) is 0 Å². The first-order valence-electron chi connectivity index (χ1n) is 9.75. The van der Waals surface area contributed by atoms with Crippen molar-refractivity contribution in [3.63, 3.8) is 0 Å². The Morgan fingerprint density at radius 2 is 1.86 bits per heavy atom. The minimum absolute atomic E-state index is 0.0421. The lowest BCUT2D eigenvalue weighted by Crippen LogP contribution is -2.55. The lowest BCUT2D eigenvalue weighted by molar-refractivity contribution is -0.384. The van der Waals surface area contributed by atoms with Crippen LogP contribution in [-0.2, 0) is 0 Å². The number of benzene rings is 2. The van der Waals surface area contributed by atoms with Gasteiger partial charge in [0.2, 0.25) is 0 Å². The van der Waals surface area contributed by atoms with Crippen LogP contribution in [0.5, 0.6) is 0 Å². The Bertz CT molecular complexity index is 893. The predicted molar refractivity (Wildman–Crippen MR) is 113 cm³/mol. The van der Waals surface area contributed by atoms with Gasteiger partial charge in [-0.05, 0) is 32.9 Å². The predicted octanol–water partition coefficient (Wildman–Crippen LogP) is 3.11. The first kappa shape index (κ1) is 21.0.